The Morgan fingerprint density at radius 2 is 2.05 bits per heavy atom. The van der Waals surface area contributed by atoms with Crippen molar-refractivity contribution in [1.82, 2.24) is 5.32 Å². The van der Waals surface area contributed by atoms with E-state index in [1.54, 1.807) is 0 Å². The first-order valence-electron chi connectivity index (χ1n) is 8.02. The summed E-state index contributed by atoms with van der Waals surface area (Å²) in [5.41, 5.74) is 6.91. The van der Waals surface area contributed by atoms with Crippen LogP contribution in [0.4, 0.5) is 0 Å². The third kappa shape index (κ3) is 3.14. The number of hydrogen-bond acceptors (Lipinski definition) is 3. The van der Waals surface area contributed by atoms with Gasteiger partial charge in [-0.3, -0.25) is 4.79 Å². The van der Waals surface area contributed by atoms with Gasteiger partial charge in [-0.1, -0.05) is 30.2 Å². The van der Waals surface area contributed by atoms with Crippen molar-refractivity contribution in [1.29, 1.82) is 0 Å². The van der Waals surface area contributed by atoms with Crippen molar-refractivity contribution in [2.24, 2.45) is 5.73 Å². The molecule has 1 aliphatic carbocycles. The Kier molecular flexibility index (Phi) is 4.71. The predicted octanol–water partition coefficient (Wildman–Crippen LogP) is 2.38. The fourth-order valence-electron chi connectivity index (χ4n) is 3.42. The van der Waals surface area contributed by atoms with E-state index in [1.165, 1.54) is 12.0 Å². The number of halogens is 1. The van der Waals surface area contributed by atoms with Gasteiger partial charge in [0.05, 0.1) is 6.10 Å². The Balaban J connectivity index is 1.59. The summed E-state index contributed by atoms with van der Waals surface area (Å²) in [6.45, 7) is 1.15. The zero-order valence-electron chi connectivity index (χ0n) is 12.7. The summed E-state index contributed by atoms with van der Waals surface area (Å²) in [4.78, 5) is 12.3. The average molecular weight is 323 g/mol. The normalized spacial score (nSPS) is 26.5. The number of ether oxygens (including phenoxy) is 1. The summed E-state index contributed by atoms with van der Waals surface area (Å²) in [5, 5.41) is 3.83. The lowest BCUT2D eigenvalue weighted by Gasteiger charge is -2.42. The SMILES string of the molecule is NC[C@H]1CC[C@@H](C(=O)NCC2(c3ccc(Cl)cc3)CCC2)O1. The van der Waals surface area contributed by atoms with Crippen LogP contribution >= 0.6 is 11.6 Å². The molecule has 1 aromatic carbocycles. The third-order valence-electron chi connectivity index (χ3n) is 5.03. The van der Waals surface area contributed by atoms with Crippen LogP contribution in [-0.2, 0) is 14.9 Å². The summed E-state index contributed by atoms with van der Waals surface area (Å²) >= 11 is 5.97. The highest BCUT2D eigenvalue weighted by Crippen LogP contribution is 2.43. The fourth-order valence-corrected chi connectivity index (χ4v) is 3.54. The van der Waals surface area contributed by atoms with Gasteiger partial charge in [-0.25, -0.2) is 0 Å². The first-order valence-corrected chi connectivity index (χ1v) is 8.40. The largest absolute Gasteiger partial charge is 0.364 e. The van der Waals surface area contributed by atoms with Crippen LogP contribution in [0.25, 0.3) is 0 Å². The Hall–Kier alpha value is -1.10. The van der Waals surface area contributed by atoms with Crippen molar-refractivity contribution in [3.8, 4) is 0 Å². The smallest absolute Gasteiger partial charge is 0.249 e. The van der Waals surface area contributed by atoms with E-state index in [-0.39, 0.29) is 23.5 Å². The molecule has 0 aromatic heterocycles. The summed E-state index contributed by atoms with van der Waals surface area (Å²) in [6.07, 6.45) is 4.74. The number of carbonyl (C=O) groups excluding carboxylic acids is 1. The topological polar surface area (TPSA) is 64.4 Å². The maximum absolute atomic E-state index is 12.3. The van der Waals surface area contributed by atoms with E-state index in [4.69, 9.17) is 22.1 Å². The molecule has 1 aliphatic heterocycles. The van der Waals surface area contributed by atoms with Crippen LogP contribution in [0.2, 0.25) is 5.02 Å². The van der Waals surface area contributed by atoms with Gasteiger partial charge in [0.25, 0.3) is 0 Å². The Morgan fingerprint density at radius 3 is 2.59 bits per heavy atom. The first kappa shape index (κ1) is 15.8. The molecule has 0 bridgehead atoms. The van der Waals surface area contributed by atoms with Gasteiger partial charge in [-0.15, -0.1) is 0 Å². The quantitative estimate of drug-likeness (QED) is 0.875. The third-order valence-corrected chi connectivity index (χ3v) is 5.28. The minimum atomic E-state index is -0.337. The lowest BCUT2D eigenvalue weighted by Crippen LogP contribution is -2.48. The van der Waals surface area contributed by atoms with E-state index >= 15 is 0 Å². The number of nitrogens with two attached hydrogens (primary N) is 1. The maximum Gasteiger partial charge on any atom is 0.249 e. The molecule has 5 heteroatoms. The maximum atomic E-state index is 12.3. The van der Waals surface area contributed by atoms with Gasteiger partial charge in [-0.05, 0) is 43.4 Å². The number of carbonyl (C=O) groups is 1. The van der Waals surface area contributed by atoms with Crippen molar-refractivity contribution in [2.75, 3.05) is 13.1 Å². The zero-order chi connectivity index (χ0) is 15.6. The number of benzene rings is 1. The van der Waals surface area contributed by atoms with Gasteiger partial charge in [0.1, 0.15) is 6.10 Å². The minimum Gasteiger partial charge on any atom is -0.364 e. The molecule has 120 valence electrons. The molecule has 4 nitrogen and oxygen atoms in total. The highest BCUT2D eigenvalue weighted by atomic mass is 35.5. The second-order valence-corrected chi connectivity index (χ2v) is 6.85. The van der Waals surface area contributed by atoms with Crippen molar-refractivity contribution in [3.63, 3.8) is 0 Å². The molecule has 1 saturated carbocycles. The molecule has 0 spiro atoms. The highest BCUT2D eigenvalue weighted by molar-refractivity contribution is 6.30. The molecule has 0 radical (unpaired) electrons. The van der Waals surface area contributed by atoms with Gasteiger partial charge in [0.15, 0.2) is 0 Å². The summed E-state index contributed by atoms with van der Waals surface area (Å²) in [5.74, 6) is -0.00353. The molecular formula is C17H23ClN2O2. The number of hydrogen-bond donors (Lipinski definition) is 2. The second kappa shape index (κ2) is 6.57. The summed E-state index contributed by atoms with van der Waals surface area (Å²) in [7, 11) is 0. The van der Waals surface area contributed by atoms with Crippen LogP contribution in [-0.4, -0.2) is 31.2 Å². The Morgan fingerprint density at radius 1 is 1.32 bits per heavy atom. The highest BCUT2D eigenvalue weighted by Gasteiger charge is 2.39. The minimum absolute atomic E-state index is 0.00353. The van der Waals surface area contributed by atoms with Crippen LogP contribution < -0.4 is 11.1 Å². The second-order valence-electron chi connectivity index (χ2n) is 6.42. The monoisotopic (exact) mass is 322 g/mol. The molecule has 2 fully saturated rings. The van der Waals surface area contributed by atoms with Crippen LogP contribution in [0.3, 0.4) is 0 Å². The lowest BCUT2D eigenvalue weighted by atomic mass is 9.64. The molecule has 1 heterocycles. The Bertz CT molecular complexity index is 528. The number of amides is 1. The zero-order valence-corrected chi connectivity index (χ0v) is 13.4. The standard InChI is InChI=1S/C17H23ClN2O2/c18-13-4-2-12(3-5-13)17(8-1-9-17)11-20-16(21)15-7-6-14(10-19)22-15/h2-5,14-15H,1,6-11,19H2,(H,20,21)/t14-,15+/m1/s1. The molecule has 1 saturated heterocycles. The van der Waals surface area contributed by atoms with Crippen molar-refractivity contribution >= 4 is 17.5 Å². The molecule has 1 aromatic rings. The molecule has 2 atom stereocenters. The Labute approximate surface area is 136 Å². The van der Waals surface area contributed by atoms with E-state index in [9.17, 15) is 4.79 Å². The summed E-state index contributed by atoms with van der Waals surface area (Å²) in [6, 6.07) is 7.99. The van der Waals surface area contributed by atoms with Gasteiger partial charge in [-0.2, -0.15) is 0 Å². The van der Waals surface area contributed by atoms with E-state index in [0.29, 0.717) is 13.1 Å². The van der Waals surface area contributed by atoms with Gasteiger partial charge in [0, 0.05) is 23.5 Å². The van der Waals surface area contributed by atoms with Crippen LogP contribution in [0.1, 0.15) is 37.7 Å². The van der Waals surface area contributed by atoms with E-state index in [1.807, 2.05) is 12.1 Å². The van der Waals surface area contributed by atoms with Gasteiger partial charge in [0.2, 0.25) is 5.91 Å². The molecule has 2 aliphatic rings. The van der Waals surface area contributed by atoms with Crippen LogP contribution in [0, 0.1) is 0 Å². The van der Waals surface area contributed by atoms with Gasteiger partial charge < -0.3 is 15.8 Å². The molecular weight excluding hydrogens is 300 g/mol. The molecule has 3 rings (SSSR count). The molecule has 22 heavy (non-hydrogen) atoms. The van der Waals surface area contributed by atoms with Crippen LogP contribution in [0.15, 0.2) is 24.3 Å². The molecule has 3 N–H and O–H groups in total. The molecule has 0 unspecified atom stereocenters. The van der Waals surface area contributed by atoms with Crippen LogP contribution in [0.5, 0.6) is 0 Å². The number of nitrogens with one attached hydrogen (secondary N) is 1. The van der Waals surface area contributed by atoms with Crippen molar-refractivity contribution in [3.05, 3.63) is 34.9 Å². The van der Waals surface area contributed by atoms with Crippen molar-refractivity contribution < 1.29 is 9.53 Å². The summed E-state index contributed by atoms with van der Waals surface area (Å²) < 4.78 is 5.66. The van der Waals surface area contributed by atoms with E-state index < -0.39 is 0 Å². The molecule has 1 amide bonds. The first-order chi connectivity index (χ1) is 10.6. The lowest BCUT2D eigenvalue weighted by molar-refractivity contribution is -0.132. The average Bonchev–Trinajstić information content (AvgIpc) is 2.96. The van der Waals surface area contributed by atoms with Crippen molar-refractivity contribution in [2.45, 2.75) is 49.7 Å². The number of rotatable bonds is 5. The van der Waals surface area contributed by atoms with E-state index in [2.05, 4.69) is 17.4 Å². The van der Waals surface area contributed by atoms with Gasteiger partial charge >= 0.3 is 0 Å². The van der Waals surface area contributed by atoms with E-state index in [0.717, 1.165) is 30.7 Å². The fraction of sp³-hybridized carbons (Fsp3) is 0.588. The predicted molar refractivity (Wildman–Crippen MR) is 86.9 cm³/mol.